The Morgan fingerprint density at radius 1 is 1.56 bits per heavy atom. The predicted octanol–water partition coefficient (Wildman–Crippen LogP) is 3.00. The van der Waals surface area contributed by atoms with Gasteiger partial charge in [-0.25, -0.2) is 4.39 Å². The summed E-state index contributed by atoms with van der Waals surface area (Å²) in [7, 11) is 0. The molecule has 1 aromatic rings. The minimum atomic E-state index is -0.896. The molecule has 0 bridgehead atoms. The molecule has 0 spiro atoms. The number of fused-ring (bicyclic) bond motifs is 1. The van der Waals surface area contributed by atoms with Gasteiger partial charge in [0.15, 0.2) is 0 Å². The number of carboxylic acid groups (broad SMARTS) is 1. The molecule has 3 nitrogen and oxygen atoms in total. The van der Waals surface area contributed by atoms with Crippen molar-refractivity contribution in [1.82, 2.24) is 0 Å². The van der Waals surface area contributed by atoms with Crippen molar-refractivity contribution >= 4 is 11.7 Å². The molecule has 0 saturated carbocycles. The summed E-state index contributed by atoms with van der Waals surface area (Å²) in [6.07, 6.45) is 0.860. The van der Waals surface area contributed by atoms with Gasteiger partial charge in [-0.3, -0.25) is 4.79 Å². The Labute approximate surface area is 106 Å². The summed E-state index contributed by atoms with van der Waals surface area (Å²) in [4.78, 5) is 12.8. The fourth-order valence-corrected chi connectivity index (χ4v) is 2.90. The van der Waals surface area contributed by atoms with Crippen molar-refractivity contribution in [3.05, 3.63) is 29.6 Å². The van der Waals surface area contributed by atoms with E-state index in [1.807, 2.05) is 13.8 Å². The Morgan fingerprint density at radius 3 is 2.83 bits per heavy atom. The Hall–Kier alpha value is -1.58. The standard InChI is InChI=1S/C14H18FNO2/c1-9-7-14(2,3)16(8-13(17)18)12-6-10(15)4-5-11(9)12/h4-6,9H,7-8H2,1-3H3,(H,17,18)/t9-/m0/s1. The maximum atomic E-state index is 13.4. The fourth-order valence-electron chi connectivity index (χ4n) is 2.90. The van der Waals surface area contributed by atoms with Crippen LogP contribution < -0.4 is 4.90 Å². The van der Waals surface area contributed by atoms with Gasteiger partial charge < -0.3 is 10.0 Å². The van der Waals surface area contributed by atoms with E-state index >= 15 is 0 Å². The molecular weight excluding hydrogens is 233 g/mol. The van der Waals surface area contributed by atoms with Gasteiger partial charge in [0.1, 0.15) is 12.4 Å². The zero-order valence-electron chi connectivity index (χ0n) is 10.9. The first-order valence-electron chi connectivity index (χ1n) is 6.10. The SMILES string of the molecule is C[C@H]1CC(C)(C)N(CC(=O)O)c2cc(F)ccc21. The zero-order valence-corrected chi connectivity index (χ0v) is 10.9. The maximum absolute atomic E-state index is 13.4. The number of benzene rings is 1. The van der Waals surface area contributed by atoms with Gasteiger partial charge in [0, 0.05) is 11.2 Å². The van der Waals surface area contributed by atoms with Crippen LogP contribution in [0.3, 0.4) is 0 Å². The Kier molecular flexibility index (Phi) is 3.05. The predicted molar refractivity (Wildman–Crippen MR) is 68.5 cm³/mol. The molecule has 0 aromatic heterocycles. The van der Waals surface area contributed by atoms with Gasteiger partial charge >= 0.3 is 5.97 Å². The van der Waals surface area contributed by atoms with Crippen molar-refractivity contribution in [2.75, 3.05) is 11.4 Å². The first-order valence-corrected chi connectivity index (χ1v) is 6.10. The average Bonchev–Trinajstić information content (AvgIpc) is 2.23. The second kappa shape index (κ2) is 4.26. The normalized spacial score (nSPS) is 21.6. The van der Waals surface area contributed by atoms with Crippen LogP contribution in [0, 0.1) is 5.82 Å². The van der Waals surface area contributed by atoms with E-state index in [1.54, 1.807) is 11.0 Å². The lowest BCUT2D eigenvalue weighted by Crippen LogP contribution is -2.50. The average molecular weight is 251 g/mol. The van der Waals surface area contributed by atoms with Gasteiger partial charge in [-0.1, -0.05) is 13.0 Å². The van der Waals surface area contributed by atoms with Crippen LogP contribution in [0.25, 0.3) is 0 Å². The van der Waals surface area contributed by atoms with E-state index in [4.69, 9.17) is 5.11 Å². The zero-order chi connectivity index (χ0) is 13.5. The molecule has 0 radical (unpaired) electrons. The smallest absolute Gasteiger partial charge is 0.323 e. The minimum absolute atomic E-state index is 0.101. The van der Waals surface area contributed by atoms with Crippen LogP contribution in [0.2, 0.25) is 0 Å². The summed E-state index contributed by atoms with van der Waals surface area (Å²) in [6.45, 7) is 5.99. The van der Waals surface area contributed by atoms with Crippen LogP contribution in [0.1, 0.15) is 38.7 Å². The maximum Gasteiger partial charge on any atom is 0.323 e. The highest BCUT2D eigenvalue weighted by atomic mass is 19.1. The van der Waals surface area contributed by atoms with E-state index in [1.165, 1.54) is 12.1 Å². The van der Waals surface area contributed by atoms with Gasteiger partial charge in [0.05, 0.1) is 0 Å². The van der Waals surface area contributed by atoms with Crippen molar-refractivity contribution in [2.45, 2.75) is 38.6 Å². The topological polar surface area (TPSA) is 40.5 Å². The second-order valence-electron chi connectivity index (χ2n) is 5.60. The summed E-state index contributed by atoms with van der Waals surface area (Å²) in [5.41, 5.74) is 1.46. The summed E-state index contributed by atoms with van der Waals surface area (Å²) in [5.74, 6) is -0.914. The van der Waals surface area contributed by atoms with Gasteiger partial charge in [0.2, 0.25) is 0 Å². The molecule has 1 aromatic carbocycles. The van der Waals surface area contributed by atoms with Gasteiger partial charge in [-0.05, 0) is 43.9 Å². The Balaban J connectivity index is 2.52. The lowest BCUT2D eigenvalue weighted by atomic mass is 9.80. The Morgan fingerprint density at radius 2 is 2.22 bits per heavy atom. The lowest BCUT2D eigenvalue weighted by Gasteiger charge is -2.46. The van der Waals surface area contributed by atoms with Crippen LogP contribution in [0.15, 0.2) is 18.2 Å². The first kappa shape index (κ1) is 12.9. The third kappa shape index (κ3) is 2.19. The Bertz CT molecular complexity index is 485. The third-order valence-corrected chi connectivity index (χ3v) is 3.64. The molecule has 98 valence electrons. The fraction of sp³-hybridized carbons (Fsp3) is 0.500. The van der Waals surface area contributed by atoms with Crippen molar-refractivity contribution in [1.29, 1.82) is 0 Å². The second-order valence-corrected chi connectivity index (χ2v) is 5.60. The van der Waals surface area contributed by atoms with Gasteiger partial charge in [-0.15, -0.1) is 0 Å². The number of carbonyl (C=O) groups is 1. The molecule has 1 aliphatic rings. The molecule has 0 aliphatic carbocycles. The molecule has 1 N–H and O–H groups in total. The van der Waals surface area contributed by atoms with E-state index in [0.29, 0.717) is 11.6 Å². The first-order chi connectivity index (χ1) is 8.31. The lowest BCUT2D eigenvalue weighted by molar-refractivity contribution is -0.135. The third-order valence-electron chi connectivity index (χ3n) is 3.64. The minimum Gasteiger partial charge on any atom is -0.480 e. The number of hydrogen-bond acceptors (Lipinski definition) is 2. The number of carboxylic acids is 1. The van der Waals surface area contributed by atoms with Gasteiger partial charge in [0.25, 0.3) is 0 Å². The van der Waals surface area contributed by atoms with E-state index < -0.39 is 5.97 Å². The van der Waals surface area contributed by atoms with Crippen LogP contribution in [-0.4, -0.2) is 23.2 Å². The number of halogens is 1. The van der Waals surface area contributed by atoms with E-state index in [0.717, 1.165) is 12.0 Å². The molecule has 1 atom stereocenters. The largest absolute Gasteiger partial charge is 0.480 e. The highest BCUT2D eigenvalue weighted by molar-refractivity contribution is 5.76. The summed E-state index contributed by atoms with van der Waals surface area (Å²) >= 11 is 0. The van der Waals surface area contributed by atoms with E-state index in [-0.39, 0.29) is 17.9 Å². The molecule has 1 aliphatic heterocycles. The number of aliphatic carboxylic acids is 1. The number of anilines is 1. The van der Waals surface area contributed by atoms with E-state index in [2.05, 4.69) is 6.92 Å². The van der Waals surface area contributed by atoms with Crippen molar-refractivity contribution in [2.24, 2.45) is 0 Å². The van der Waals surface area contributed by atoms with E-state index in [9.17, 15) is 9.18 Å². The number of hydrogen-bond donors (Lipinski definition) is 1. The van der Waals surface area contributed by atoms with Crippen LogP contribution in [-0.2, 0) is 4.79 Å². The molecule has 0 unspecified atom stereocenters. The monoisotopic (exact) mass is 251 g/mol. The highest BCUT2D eigenvalue weighted by Gasteiger charge is 2.37. The molecule has 2 rings (SSSR count). The van der Waals surface area contributed by atoms with Crippen LogP contribution >= 0.6 is 0 Å². The molecule has 18 heavy (non-hydrogen) atoms. The number of rotatable bonds is 2. The van der Waals surface area contributed by atoms with Crippen molar-refractivity contribution < 1.29 is 14.3 Å². The number of nitrogens with zero attached hydrogens (tertiary/aromatic N) is 1. The summed E-state index contributed by atoms with van der Waals surface area (Å²) in [6, 6.07) is 4.64. The molecule has 4 heteroatoms. The van der Waals surface area contributed by atoms with Crippen molar-refractivity contribution in [3.63, 3.8) is 0 Å². The van der Waals surface area contributed by atoms with Gasteiger partial charge in [-0.2, -0.15) is 0 Å². The summed E-state index contributed by atoms with van der Waals surface area (Å²) in [5, 5.41) is 9.02. The molecule has 0 fully saturated rings. The van der Waals surface area contributed by atoms with Crippen molar-refractivity contribution in [3.8, 4) is 0 Å². The summed E-state index contributed by atoms with van der Waals surface area (Å²) < 4.78 is 13.4. The quantitative estimate of drug-likeness (QED) is 0.878. The van der Waals surface area contributed by atoms with Crippen LogP contribution in [0.5, 0.6) is 0 Å². The van der Waals surface area contributed by atoms with Crippen LogP contribution in [0.4, 0.5) is 10.1 Å². The highest BCUT2D eigenvalue weighted by Crippen LogP contribution is 2.43. The molecule has 0 amide bonds. The molecule has 0 saturated heterocycles. The molecular formula is C14H18FNO2. The molecule has 1 heterocycles.